The van der Waals surface area contributed by atoms with Gasteiger partial charge in [-0.25, -0.2) is 4.39 Å². The Balaban J connectivity index is 1.53. The van der Waals surface area contributed by atoms with Crippen molar-refractivity contribution in [1.29, 1.82) is 0 Å². The average Bonchev–Trinajstić information content (AvgIpc) is 3.32. The fraction of sp³-hybridized carbons (Fsp3) is 0.238. The number of amides is 1. The standard InChI is InChI=1S/C21H19FN2O2/c1-14-2-4-16(5-3-14)20-19(12-23-26-20)21(25)24-11-10-17(13-24)15-6-8-18(22)9-7-15/h2-9,12,17H,10-11,13H2,1H3. The Bertz CT molecular complexity index is 916. The van der Waals surface area contributed by atoms with Crippen molar-refractivity contribution >= 4 is 5.91 Å². The van der Waals surface area contributed by atoms with E-state index in [2.05, 4.69) is 5.16 Å². The van der Waals surface area contributed by atoms with Gasteiger partial charge >= 0.3 is 0 Å². The van der Waals surface area contributed by atoms with Crippen molar-refractivity contribution in [1.82, 2.24) is 10.1 Å². The molecule has 132 valence electrons. The third kappa shape index (κ3) is 3.12. The molecule has 2 heterocycles. The molecule has 1 amide bonds. The average molecular weight is 350 g/mol. The Kier molecular flexibility index (Phi) is 4.29. The van der Waals surface area contributed by atoms with Crippen LogP contribution < -0.4 is 0 Å². The molecule has 4 rings (SSSR count). The van der Waals surface area contributed by atoms with Gasteiger partial charge in [0.1, 0.15) is 11.4 Å². The van der Waals surface area contributed by atoms with E-state index in [0.29, 0.717) is 24.4 Å². The van der Waals surface area contributed by atoms with Gasteiger partial charge in [-0.05, 0) is 31.0 Å². The normalized spacial score (nSPS) is 16.8. The molecular weight excluding hydrogens is 331 g/mol. The number of carbonyl (C=O) groups is 1. The summed E-state index contributed by atoms with van der Waals surface area (Å²) in [6.45, 7) is 3.29. The third-order valence-electron chi connectivity index (χ3n) is 4.93. The molecule has 0 saturated carbocycles. The van der Waals surface area contributed by atoms with Crippen LogP contribution in [-0.4, -0.2) is 29.1 Å². The van der Waals surface area contributed by atoms with Crippen LogP contribution in [0.15, 0.2) is 59.3 Å². The molecule has 0 radical (unpaired) electrons. The van der Waals surface area contributed by atoms with Crippen LogP contribution >= 0.6 is 0 Å². The lowest BCUT2D eigenvalue weighted by Crippen LogP contribution is -2.28. The van der Waals surface area contributed by atoms with Crippen molar-refractivity contribution in [3.8, 4) is 11.3 Å². The summed E-state index contributed by atoms with van der Waals surface area (Å²) >= 11 is 0. The van der Waals surface area contributed by atoms with Gasteiger partial charge in [0.15, 0.2) is 5.76 Å². The first-order chi connectivity index (χ1) is 12.6. The van der Waals surface area contributed by atoms with Gasteiger partial charge in [0.05, 0.1) is 6.20 Å². The molecule has 0 aliphatic carbocycles. The van der Waals surface area contributed by atoms with Crippen LogP contribution in [0, 0.1) is 12.7 Å². The van der Waals surface area contributed by atoms with Crippen molar-refractivity contribution in [2.75, 3.05) is 13.1 Å². The van der Waals surface area contributed by atoms with Crippen LogP contribution in [-0.2, 0) is 0 Å². The molecule has 0 N–H and O–H groups in total. The molecule has 0 bridgehead atoms. The third-order valence-corrected chi connectivity index (χ3v) is 4.93. The van der Waals surface area contributed by atoms with Crippen molar-refractivity contribution in [2.45, 2.75) is 19.3 Å². The van der Waals surface area contributed by atoms with Gasteiger partial charge < -0.3 is 9.42 Å². The molecule has 1 atom stereocenters. The fourth-order valence-corrected chi connectivity index (χ4v) is 3.43. The van der Waals surface area contributed by atoms with E-state index in [4.69, 9.17) is 4.52 Å². The van der Waals surface area contributed by atoms with Gasteiger partial charge in [0, 0.05) is 24.6 Å². The molecule has 1 aromatic heterocycles. The summed E-state index contributed by atoms with van der Waals surface area (Å²) in [6.07, 6.45) is 2.35. The summed E-state index contributed by atoms with van der Waals surface area (Å²) in [7, 11) is 0. The highest BCUT2D eigenvalue weighted by atomic mass is 19.1. The number of hydrogen-bond donors (Lipinski definition) is 0. The predicted molar refractivity (Wildman–Crippen MR) is 96.3 cm³/mol. The van der Waals surface area contributed by atoms with Gasteiger partial charge in [0.25, 0.3) is 5.91 Å². The lowest BCUT2D eigenvalue weighted by atomic mass is 9.98. The van der Waals surface area contributed by atoms with Gasteiger partial charge in [-0.3, -0.25) is 4.79 Å². The lowest BCUT2D eigenvalue weighted by molar-refractivity contribution is 0.0791. The predicted octanol–water partition coefficient (Wildman–Crippen LogP) is 4.42. The van der Waals surface area contributed by atoms with Crippen molar-refractivity contribution < 1.29 is 13.7 Å². The first kappa shape index (κ1) is 16.5. The van der Waals surface area contributed by atoms with E-state index in [1.807, 2.05) is 36.1 Å². The smallest absolute Gasteiger partial charge is 0.259 e. The Morgan fingerprint density at radius 1 is 1.15 bits per heavy atom. The maximum Gasteiger partial charge on any atom is 0.259 e. The van der Waals surface area contributed by atoms with Crippen LogP contribution in [0.1, 0.15) is 33.8 Å². The van der Waals surface area contributed by atoms with Crippen molar-refractivity contribution in [2.24, 2.45) is 0 Å². The molecule has 1 fully saturated rings. The molecule has 0 spiro atoms. The van der Waals surface area contributed by atoms with Crippen LogP contribution in [0.3, 0.4) is 0 Å². The van der Waals surface area contributed by atoms with Crippen molar-refractivity contribution in [3.05, 3.63) is 77.2 Å². The monoisotopic (exact) mass is 350 g/mol. The number of nitrogens with zero attached hydrogens (tertiary/aromatic N) is 2. The number of hydrogen-bond acceptors (Lipinski definition) is 3. The largest absolute Gasteiger partial charge is 0.355 e. The minimum Gasteiger partial charge on any atom is -0.355 e. The topological polar surface area (TPSA) is 46.3 Å². The molecule has 3 aromatic rings. The maximum atomic E-state index is 13.1. The van der Waals surface area contributed by atoms with E-state index in [1.54, 1.807) is 12.1 Å². The highest BCUT2D eigenvalue weighted by Crippen LogP contribution is 2.31. The highest BCUT2D eigenvalue weighted by molar-refractivity contribution is 5.99. The number of benzene rings is 2. The van der Waals surface area contributed by atoms with E-state index in [1.165, 1.54) is 18.3 Å². The van der Waals surface area contributed by atoms with E-state index < -0.39 is 0 Å². The summed E-state index contributed by atoms with van der Waals surface area (Å²) in [5.41, 5.74) is 3.52. The fourth-order valence-electron chi connectivity index (χ4n) is 3.43. The van der Waals surface area contributed by atoms with Gasteiger partial charge in [-0.2, -0.15) is 0 Å². The second kappa shape index (κ2) is 6.75. The Morgan fingerprint density at radius 3 is 2.62 bits per heavy atom. The van der Waals surface area contributed by atoms with E-state index in [-0.39, 0.29) is 17.6 Å². The number of aryl methyl sites for hydroxylation is 1. The van der Waals surface area contributed by atoms with Crippen LogP contribution in [0.25, 0.3) is 11.3 Å². The molecule has 1 aliphatic heterocycles. The van der Waals surface area contributed by atoms with Crippen LogP contribution in [0.5, 0.6) is 0 Å². The molecule has 1 aliphatic rings. The SMILES string of the molecule is Cc1ccc(-c2oncc2C(=O)N2CCC(c3ccc(F)cc3)C2)cc1. The number of rotatable bonds is 3. The summed E-state index contributed by atoms with van der Waals surface area (Å²) in [5, 5.41) is 3.84. The second-order valence-corrected chi connectivity index (χ2v) is 6.72. The number of carbonyl (C=O) groups excluding carboxylic acids is 1. The molecule has 1 saturated heterocycles. The summed E-state index contributed by atoms with van der Waals surface area (Å²) in [6, 6.07) is 14.3. The number of aromatic nitrogens is 1. The van der Waals surface area contributed by atoms with Crippen molar-refractivity contribution in [3.63, 3.8) is 0 Å². The summed E-state index contributed by atoms with van der Waals surface area (Å²) in [5.74, 6) is 0.404. The first-order valence-corrected chi connectivity index (χ1v) is 8.68. The molecule has 4 nitrogen and oxygen atoms in total. The zero-order valence-corrected chi connectivity index (χ0v) is 14.5. The first-order valence-electron chi connectivity index (χ1n) is 8.68. The molecular formula is C21H19FN2O2. The summed E-state index contributed by atoms with van der Waals surface area (Å²) < 4.78 is 18.5. The Hall–Kier alpha value is -2.95. The highest BCUT2D eigenvalue weighted by Gasteiger charge is 2.30. The minimum absolute atomic E-state index is 0.0774. The Morgan fingerprint density at radius 2 is 1.88 bits per heavy atom. The van der Waals surface area contributed by atoms with E-state index in [0.717, 1.165) is 23.1 Å². The molecule has 2 aromatic carbocycles. The zero-order valence-electron chi connectivity index (χ0n) is 14.5. The summed E-state index contributed by atoms with van der Waals surface area (Å²) in [4.78, 5) is 14.8. The van der Waals surface area contributed by atoms with E-state index >= 15 is 0 Å². The quantitative estimate of drug-likeness (QED) is 0.702. The van der Waals surface area contributed by atoms with Crippen LogP contribution in [0.4, 0.5) is 4.39 Å². The number of halogens is 1. The molecule has 26 heavy (non-hydrogen) atoms. The van der Waals surface area contributed by atoms with E-state index in [9.17, 15) is 9.18 Å². The van der Waals surface area contributed by atoms with Gasteiger partial charge in [0.2, 0.25) is 0 Å². The lowest BCUT2D eigenvalue weighted by Gasteiger charge is -2.16. The Labute approximate surface area is 151 Å². The molecule has 5 heteroatoms. The molecule has 1 unspecified atom stereocenters. The minimum atomic E-state index is -0.244. The number of likely N-dealkylation sites (tertiary alicyclic amines) is 1. The second-order valence-electron chi connectivity index (χ2n) is 6.72. The zero-order chi connectivity index (χ0) is 18.1. The van der Waals surface area contributed by atoms with Crippen LogP contribution in [0.2, 0.25) is 0 Å². The maximum absolute atomic E-state index is 13.1. The van der Waals surface area contributed by atoms with Gasteiger partial charge in [-0.1, -0.05) is 47.1 Å². The van der Waals surface area contributed by atoms with Gasteiger partial charge in [-0.15, -0.1) is 0 Å².